The van der Waals surface area contributed by atoms with E-state index in [1.807, 2.05) is 42.5 Å². The molecule has 3 rings (SSSR count). The number of hydrogen-bond donors (Lipinski definition) is 1. The van der Waals surface area contributed by atoms with Crippen LogP contribution in [0.2, 0.25) is 5.02 Å². The molecule has 1 aromatic heterocycles. The van der Waals surface area contributed by atoms with Crippen LogP contribution in [0.4, 0.5) is 5.69 Å². The van der Waals surface area contributed by atoms with Crippen molar-refractivity contribution < 1.29 is 9.53 Å². The van der Waals surface area contributed by atoms with E-state index < -0.39 is 0 Å². The van der Waals surface area contributed by atoms with Crippen molar-refractivity contribution in [2.75, 3.05) is 17.7 Å². The summed E-state index contributed by atoms with van der Waals surface area (Å²) in [5, 5.41) is 3.58. The number of carbonyl (C=O) groups is 1. The lowest BCUT2D eigenvalue weighted by Crippen LogP contribution is -2.10. The van der Waals surface area contributed by atoms with Gasteiger partial charge in [-0.05, 0) is 36.8 Å². The predicted octanol–water partition coefficient (Wildman–Crippen LogP) is 6.25. The number of halogens is 1. The SMILES string of the molecule is CCCCC(=O)Nc1ccc2nc(SCCOc3ccccc3Cl)sc2c1. The minimum Gasteiger partial charge on any atom is -0.491 e. The molecule has 3 aromatic rings. The van der Waals surface area contributed by atoms with Crippen molar-refractivity contribution in [3.05, 3.63) is 47.5 Å². The van der Waals surface area contributed by atoms with Crippen LogP contribution in [0.5, 0.6) is 5.75 Å². The number of anilines is 1. The third-order valence-corrected chi connectivity index (χ3v) is 6.25. The number of rotatable bonds is 9. The van der Waals surface area contributed by atoms with Crippen LogP contribution in [0.1, 0.15) is 26.2 Å². The second-order valence-electron chi connectivity index (χ2n) is 5.94. The van der Waals surface area contributed by atoms with Crippen LogP contribution in [0.15, 0.2) is 46.8 Å². The number of thiazole rings is 1. The van der Waals surface area contributed by atoms with Crippen LogP contribution in [0.25, 0.3) is 10.2 Å². The number of para-hydroxylation sites is 1. The number of ether oxygens (including phenoxy) is 1. The van der Waals surface area contributed by atoms with Gasteiger partial charge in [-0.3, -0.25) is 4.79 Å². The molecule has 0 aliphatic heterocycles. The van der Waals surface area contributed by atoms with Gasteiger partial charge in [0.25, 0.3) is 0 Å². The first kappa shape index (κ1) is 20.0. The Labute approximate surface area is 172 Å². The first-order chi connectivity index (χ1) is 13.2. The van der Waals surface area contributed by atoms with Crippen LogP contribution in [0.3, 0.4) is 0 Å². The number of hydrogen-bond acceptors (Lipinski definition) is 5. The number of amides is 1. The molecule has 1 amide bonds. The van der Waals surface area contributed by atoms with Crippen LogP contribution in [-0.4, -0.2) is 23.3 Å². The molecular weight excluding hydrogens is 400 g/mol. The van der Waals surface area contributed by atoms with Gasteiger partial charge in [-0.1, -0.05) is 48.8 Å². The van der Waals surface area contributed by atoms with Crippen LogP contribution in [0, 0.1) is 0 Å². The normalized spacial score (nSPS) is 10.9. The molecule has 2 aromatic carbocycles. The summed E-state index contributed by atoms with van der Waals surface area (Å²) < 4.78 is 7.76. The third kappa shape index (κ3) is 5.86. The summed E-state index contributed by atoms with van der Waals surface area (Å²) in [6.45, 7) is 2.64. The Bertz CT molecular complexity index is 914. The molecule has 0 aliphatic rings. The third-order valence-electron chi connectivity index (χ3n) is 3.81. The van der Waals surface area contributed by atoms with Gasteiger partial charge >= 0.3 is 0 Å². The highest BCUT2D eigenvalue weighted by molar-refractivity contribution is 8.01. The second-order valence-corrected chi connectivity index (χ2v) is 8.72. The van der Waals surface area contributed by atoms with E-state index in [1.54, 1.807) is 23.1 Å². The summed E-state index contributed by atoms with van der Waals surface area (Å²) in [5.74, 6) is 1.55. The van der Waals surface area contributed by atoms with Gasteiger partial charge in [0.2, 0.25) is 5.91 Å². The number of fused-ring (bicyclic) bond motifs is 1. The second kappa shape index (κ2) is 9.97. The van der Waals surface area contributed by atoms with Gasteiger partial charge in [0, 0.05) is 17.9 Å². The molecule has 1 N–H and O–H groups in total. The highest BCUT2D eigenvalue weighted by Gasteiger charge is 2.08. The summed E-state index contributed by atoms with van der Waals surface area (Å²) in [7, 11) is 0. The van der Waals surface area contributed by atoms with Crippen molar-refractivity contribution in [3.63, 3.8) is 0 Å². The van der Waals surface area contributed by atoms with Crippen molar-refractivity contribution in [1.82, 2.24) is 4.98 Å². The van der Waals surface area contributed by atoms with Gasteiger partial charge in [0.15, 0.2) is 4.34 Å². The lowest BCUT2D eigenvalue weighted by molar-refractivity contribution is -0.116. The summed E-state index contributed by atoms with van der Waals surface area (Å²) >= 11 is 9.36. The van der Waals surface area contributed by atoms with Crippen LogP contribution < -0.4 is 10.1 Å². The molecule has 4 nitrogen and oxygen atoms in total. The Morgan fingerprint density at radius 3 is 2.96 bits per heavy atom. The zero-order valence-electron chi connectivity index (χ0n) is 15.0. The van der Waals surface area contributed by atoms with E-state index >= 15 is 0 Å². The van der Waals surface area contributed by atoms with E-state index in [4.69, 9.17) is 16.3 Å². The molecule has 142 valence electrons. The van der Waals surface area contributed by atoms with E-state index in [0.717, 1.165) is 38.8 Å². The molecule has 0 saturated heterocycles. The summed E-state index contributed by atoms with van der Waals surface area (Å²) in [4.78, 5) is 16.5. The van der Waals surface area contributed by atoms with Crippen molar-refractivity contribution >= 4 is 56.5 Å². The summed E-state index contributed by atoms with van der Waals surface area (Å²) in [6, 6.07) is 13.3. The van der Waals surface area contributed by atoms with Gasteiger partial charge in [0.05, 0.1) is 21.8 Å². The number of aromatic nitrogens is 1. The van der Waals surface area contributed by atoms with Gasteiger partial charge in [-0.15, -0.1) is 11.3 Å². The summed E-state index contributed by atoms with van der Waals surface area (Å²) in [6.07, 6.45) is 2.48. The van der Waals surface area contributed by atoms with E-state index in [2.05, 4.69) is 17.2 Å². The minimum atomic E-state index is 0.0621. The highest BCUT2D eigenvalue weighted by atomic mass is 35.5. The predicted molar refractivity (Wildman–Crippen MR) is 115 cm³/mol. The van der Waals surface area contributed by atoms with E-state index in [1.165, 1.54) is 0 Å². The maximum absolute atomic E-state index is 11.9. The topological polar surface area (TPSA) is 51.2 Å². The number of benzene rings is 2. The van der Waals surface area contributed by atoms with Crippen LogP contribution >= 0.6 is 34.7 Å². The molecule has 7 heteroatoms. The van der Waals surface area contributed by atoms with E-state index in [0.29, 0.717) is 23.8 Å². The first-order valence-corrected chi connectivity index (χ1v) is 11.0. The first-order valence-electron chi connectivity index (χ1n) is 8.86. The van der Waals surface area contributed by atoms with Crippen molar-refractivity contribution in [2.24, 2.45) is 0 Å². The maximum Gasteiger partial charge on any atom is 0.224 e. The van der Waals surface area contributed by atoms with Crippen molar-refractivity contribution in [3.8, 4) is 5.75 Å². The van der Waals surface area contributed by atoms with E-state index in [9.17, 15) is 4.79 Å². The molecule has 1 heterocycles. The van der Waals surface area contributed by atoms with Gasteiger partial charge in [0.1, 0.15) is 5.75 Å². The van der Waals surface area contributed by atoms with Crippen molar-refractivity contribution in [2.45, 2.75) is 30.5 Å². The monoisotopic (exact) mass is 420 g/mol. The molecule has 0 radical (unpaired) electrons. The Kier molecular flexibility index (Phi) is 7.38. The Hall–Kier alpha value is -1.76. The van der Waals surface area contributed by atoms with E-state index in [-0.39, 0.29) is 5.91 Å². The molecule has 0 bridgehead atoms. The van der Waals surface area contributed by atoms with Gasteiger partial charge in [-0.2, -0.15) is 0 Å². The molecule has 0 aliphatic carbocycles. The lowest BCUT2D eigenvalue weighted by Gasteiger charge is -2.06. The maximum atomic E-state index is 11.9. The zero-order valence-corrected chi connectivity index (χ0v) is 17.4. The number of nitrogens with one attached hydrogen (secondary N) is 1. The quantitative estimate of drug-likeness (QED) is 0.328. The fourth-order valence-corrected chi connectivity index (χ4v) is 4.63. The highest BCUT2D eigenvalue weighted by Crippen LogP contribution is 2.31. The Morgan fingerprint density at radius 1 is 1.30 bits per heavy atom. The molecule has 0 saturated carbocycles. The average Bonchev–Trinajstić information content (AvgIpc) is 3.07. The molecule has 0 spiro atoms. The number of thioether (sulfide) groups is 1. The molecule has 0 atom stereocenters. The van der Waals surface area contributed by atoms with Crippen molar-refractivity contribution in [1.29, 1.82) is 0 Å². The van der Waals surface area contributed by atoms with Gasteiger partial charge < -0.3 is 10.1 Å². The fourth-order valence-electron chi connectivity index (χ4n) is 2.45. The van der Waals surface area contributed by atoms with Crippen LogP contribution in [-0.2, 0) is 4.79 Å². The fraction of sp³-hybridized carbons (Fsp3) is 0.300. The standard InChI is InChI=1S/C20H21ClN2O2S2/c1-2-3-8-19(24)22-14-9-10-16-18(13-14)27-20(23-16)26-12-11-25-17-7-5-4-6-15(17)21/h4-7,9-10,13H,2-3,8,11-12H2,1H3,(H,22,24). The summed E-state index contributed by atoms with van der Waals surface area (Å²) in [5.41, 5.74) is 1.77. The average molecular weight is 421 g/mol. The Morgan fingerprint density at radius 2 is 2.15 bits per heavy atom. The Balaban J connectivity index is 1.53. The smallest absolute Gasteiger partial charge is 0.224 e. The molecule has 0 unspecified atom stereocenters. The zero-order chi connectivity index (χ0) is 19.1. The number of nitrogens with zero attached hydrogens (tertiary/aromatic N) is 1. The molecular formula is C20H21ClN2O2S2. The largest absolute Gasteiger partial charge is 0.491 e. The number of carbonyl (C=O) groups excluding carboxylic acids is 1. The number of unbranched alkanes of at least 4 members (excludes halogenated alkanes) is 1. The lowest BCUT2D eigenvalue weighted by atomic mass is 10.2. The minimum absolute atomic E-state index is 0.0621. The molecule has 27 heavy (non-hydrogen) atoms. The molecule has 0 fully saturated rings. The van der Waals surface area contributed by atoms with Gasteiger partial charge in [-0.25, -0.2) is 4.98 Å².